The zero-order valence-corrected chi connectivity index (χ0v) is 16.3. The van der Waals surface area contributed by atoms with Crippen LogP contribution in [0.5, 0.6) is 5.75 Å². The molecule has 1 aromatic rings. The summed E-state index contributed by atoms with van der Waals surface area (Å²) >= 11 is 5.95. The Labute approximate surface area is 154 Å². The molecule has 138 valence electrons. The van der Waals surface area contributed by atoms with Crippen molar-refractivity contribution in [3.63, 3.8) is 0 Å². The van der Waals surface area contributed by atoms with Gasteiger partial charge in [0.25, 0.3) is 0 Å². The smallest absolute Gasteiger partial charge is 0.171 e. The maximum Gasteiger partial charge on any atom is 0.171 e. The average Bonchev–Trinajstić information content (AvgIpc) is 2.60. The monoisotopic (exact) mass is 353 g/mol. The molecular formula is C21H36ClNO. The van der Waals surface area contributed by atoms with Crippen LogP contribution in [0.3, 0.4) is 0 Å². The molecule has 3 heteroatoms. The summed E-state index contributed by atoms with van der Waals surface area (Å²) in [7, 11) is 0. The molecule has 2 nitrogen and oxygen atoms in total. The van der Waals surface area contributed by atoms with Gasteiger partial charge in [-0.1, -0.05) is 102 Å². The normalized spacial score (nSPS) is 10.9. The molecule has 24 heavy (non-hydrogen) atoms. The van der Waals surface area contributed by atoms with E-state index in [0.717, 1.165) is 13.0 Å². The van der Waals surface area contributed by atoms with Crippen LogP contribution >= 0.6 is 11.6 Å². The molecule has 1 rings (SSSR count). The number of unbranched alkanes of at least 4 members (excludes halogenated alkanes) is 13. The predicted molar refractivity (Wildman–Crippen MR) is 105 cm³/mol. The van der Waals surface area contributed by atoms with E-state index in [1.54, 1.807) is 6.20 Å². The van der Waals surface area contributed by atoms with Crippen molar-refractivity contribution in [3.8, 4) is 5.75 Å². The highest BCUT2D eigenvalue weighted by molar-refractivity contribution is 6.30. The van der Waals surface area contributed by atoms with Gasteiger partial charge in [0, 0.05) is 6.20 Å². The van der Waals surface area contributed by atoms with Crippen molar-refractivity contribution in [2.75, 3.05) is 6.61 Å². The Hall–Kier alpha value is -0.760. The van der Waals surface area contributed by atoms with Crippen LogP contribution in [-0.4, -0.2) is 11.6 Å². The summed E-state index contributed by atoms with van der Waals surface area (Å²) in [5.41, 5.74) is 0. The standard InChI is InChI=1S/C21H36ClNO/c1-2-3-4-5-6-7-8-9-10-11-12-13-14-15-19-24-20-17-16-18-23-21(20)22/h16-18H,2-15,19H2,1H3. The highest BCUT2D eigenvalue weighted by Crippen LogP contribution is 2.20. The summed E-state index contributed by atoms with van der Waals surface area (Å²) in [5.74, 6) is 0.703. The Kier molecular flexibility index (Phi) is 14.0. The Balaban J connectivity index is 1.77. The van der Waals surface area contributed by atoms with Gasteiger partial charge in [-0.05, 0) is 18.6 Å². The van der Waals surface area contributed by atoms with E-state index in [9.17, 15) is 0 Å². The summed E-state index contributed by atoms with van der Waals surface area (Å²) < 4.78 is 5.65. The lowest BCUT2D eigenvalue weighted by Crippen LogP contribution is -1.98. The van der Waals surface area contributed by atoms with E-state index in [0.29, 0.717) is 10.9 Å². The predicted octanol–water partition coefficient (Wildman–Crippen LogP) is 7.60. The molecule has 0 aliphatic heterocycles. The van der Waals surface area contributed by atoms with Crippen LogP contribution in [0, 0.1) is 0 Å². The van der Waals surface area contributed by atoms with Gasteiger partial charge in [-0.2, -0.15) is 0 Å². The lowest BCUT2D eigenvalue weighted by molar-refractivity contribution is 0.303. The van der Waals surface area contributed by atoms with Gasteiger partial charge in [0.05, 0.1) is 6.61 Å². The minimum atomic E-state index is 0.461. The molecule has 1 heterocycles. The number of halogens is 1. The molecule has 0 bridgehead atoms. The largest absolute Gasteiger partial charge is 0.490 e. The van der Waals surface area contributed by atoms with Gasteiger partial charge in [0.2, 0.25) is 0 Å². The van der Waals surface area contributed by atoms with Crippen molar-refractivity contribution in [2.24, 2.45) is 0 Å². The summed E-state index contributed by atoms with van der Waals surface area (Å²) in [5, 5.41) is 0.461. The van der Waals surface area contributed by atoms with Gasteiger partial charge in [0.15, 0.2) is 10.9 Å². The van der Waals surface area contributed by atoms with E-state index >= 15 is 0 Å². The Morgan fingerprint density at radius 3 is 1.79 bits per heavy atom. The highest BCUT2D eigenvalue weighted by Gasteiger charge is 2.00. The second-order valence-electron chi connectivity index (χ2n) is 6.74. The van der Waals surface area contributed by atoms with Gasteiger partial charge < -0.3 is 4.74 Å². The van der Waals surface area contributed by atoms with Crippen LogP contribution in [0.25, 0.3) is 0 Å². The topological polar surface area (TPSA) is 22.1 Å². The first-order chi connectivity index (χ1) is 11.8. The molecule has 0 fully saturated rings. The molecule has 0 radical (unpaired) electrons. The fourth-order valence-electron chi connectivity index (χ4n) is 2.96. The molecule has 0 unspecified atom stereocenters. The highest BCUT2D eigenvalue weighted by atomic mass is 35.5. The lowest BCUT2D eigenvalue weighted by atomic mass is 10.0. The third-order valence-corrected chi connectivity index (χ3v) is 4.76. The maximum absolute atomic E-state index is 5.95. The second kappa shape index (κ2) is 15.7. The Morgan fingerprint density at radius 1 is 0.792 bits per heavy atom. The second-order valence-corrected chi connectivity index (χ2v) is 7.10. The summed E-state index contributed by atoms with van der Waals surface area (Å²) in [4.78, 5) is 4.01. The first kappa shape index (κ1) is 21.3. The van der Waals surface area contributed by atoms with E-state index in [4.69, 9.17) is 16.3 Å². The molecule has 0 N–H and O–H groups in total. The molecular weight excluding hydrogens is 318 g/mol. The first-order valence-corrected chi connectivity index (χ1v) is 10.5. The van der Waals surface area contributed by atoms with Crippen LogP contribution in [-0.2, 0) is 0 Å². The van der Waals surface area contributed by atoms with Crippen molar-refractivity contribution in [1.82, 2.24) is 4.98 Å². The van der Waals surface area contributed by atoms with Crippen molar-refractivity contribution in [2.45, 2.75) is 96.8 Å². The average molecular weight is 354 g/mol. The SMILES string of the molecule is CCCCCCCCCCCCCCCCOc1cccnc1Cl. The van der Waals surface area contributed by atoms with Crippen molar-refractivity contribution in [1.29, 1.82) is 0 Å². The van der Waals surface area contributed by atoms with Crippen LogP contribution in [0.1, 0.15) is 96.8 Å². The molecule has 0 atom stereocenters. The molecule has 0 aliphatic rings. The first-order valence-electron chi connectivity index (χ1n) is 10.1. The van der Waals surface area contributed by atoms with Crippen molar-refractivity contribution < 1.29 is 4.74 Å². The number of aromatic nitrogens is 1. The van der Waals surface area contributed by atoms with Gasteiger partial charge in [-0.25, -0.2) is 4.98 Å². The van der Waals surface area contributed by atoms with E-state index in [2.05, 4.69) is 11.9 Å². The fourth-order valence-corrected chi connectivity index (χ4v) is 3.13. The number of hydrogen-bond donors (Lipinski definition) is 0. The van der Waals surface area contributed by atoms with E-state index in [1.807, 2.05) is 12.1 Å². The minimum Gasteiger partial charge on any atom is -0.490 e. The minimum absolute atomic E-state index is 0.461. The molecule has 0 aromatic carbocycles. The molecule has 0 spiro atoms. The molecule has 0 saturated carbocycles. The summed E-state index contributed by atoms with van der Waals surface area (Å²) in [6, 6.07) is 3.73. The van der Waals surface area contributed by atoms with Gasteiger partial charge in [0.1, 0.15) is 0 Å². The zero-order valence-electron chi connectivity index (χ0n) is 15.6. The van der Waals surface area contributed by atoms with Crippen molar-refractivity contribution >= 4 is 11.6 Å². The molecule has 0 saturated heterocycles. The molecule has 0 amide bonds. The van der Waals surface area contributed by atoms with E-state index in [1.165, 1.54) is 83.5 Å². The van der Waals surface area contributed by atoms with Gasteiger partial charge in [-0.15, -0.1) is 0 Å². The molecule has 1 aromatic heterocycles. The van der Waals surface area contributed by atoms with Crippen LogP contribution in [0.15, 0.2) is 18.3 Å². The van der Waals surface area contributed by atoms with Gasteiger partial charge >= 0.3 is 0 Å². The Bertz CT molecular complexity index is 397. The van der Waals surface area contributed by atoms with Crippen LogP contribution in [0.4, 0.5) is 0 Å². The third-order valence-electron chi connectivity index (χ3n) is 4.48. The zero-order chi connectivity index (χ0) is 17.3. The lowest BCUT2D eigenvalue weighted by Gasteiger charge is -2.07. The number of ether oxygens (including phenoxy) is 1. The number of pyridine rings is 1. The van der Waals surface area contributed by atoms with Crippen LogP contribution in [0.2, 0.25) is 5.15 Å². The fraction of sp³-hybridized carbons (Fsp3) is 0.762. The number of rotatable bonds is 16. The maximum atomic E-state index is 5.95. The number of hydrogen-bond acceptors (Lipinski definition) is 2. The molecule has 0 aliphatic carbocycles. The quantitative estimate of drug-likeness (QED) is 0.225. The van der Waals surface area contributed by atoms with Crippen LogP contribution < -0.4 is 4.74 Å². The third kappa shape index (κ3) is 11.7. The van der Waals surface area contributed by atoms with Crippen molar-refractivity contribution in [3.05, 3.63) is 23.5 Å². The summed E-state index contributed by atoms with van der Waals surface area (Å²) in [6.45, 7) is 3.02. The van der Waals surface area contributed by atoms with E-state index < -0.39 is 0 Å². The number of nitrogens with zero attached hydrogens (tertiary/aromatic N) is 1. The summed E-state index contributed by atoms with van der Waals surface area (Å²) in [6.07, 6.45) is 20.9. The Morgan fingerprint density at radius 2 is 1.29 bits per heavy atom. The van der Waals surface area contributed by atoms with E-state index in [-0.39, 0.29) is 0 Å². The van der Waals surface area contributed by atoms with Gasteiger partial charge in [-0.3, -0.25) is 0 Å².